The van der Waals surface area contributed by atoms with Gasteiger partial charge in [0.15, 0.2) is 5.09 Å². The van der Waals surface area contributed by atoms with Crippen molar-refractivity contribution < 1.29 is 4.42 Å². The summed E-state index contributed by atoms with van der Waals surface area (Å²) in [4.78, 5) is 18.8. The highest BCUT2D eigenvalue weighted by molar-refractivity contribution is 9.10. The van der Waals surface area contributed by atoms with Crippen molar-refractivity contribution in [2.45, 2.75) is 36.7 Å². The fourth-order valence-electron chi connectivity index (χ4n) is 2.98. The molecule has 0 saturated carbocycles. The van der Waals surface area contributed by atoms with Crippen LogP contribution in [0.25, 0.3) is 10.9 Å². The standard InChI is InChI=1S/C23H19Br2N3O2S/c1-13(2)21-27-20-9-6-15(24)10-18(20)22(29)28(21)26-12-16-11-19(25)23(30-16)31-17-7-4-14(3)5-8-17/h4-13H,1-3H3. The number of furan rings is 1. The molecule has 0 aliphatic heterocycles. The van der Waals surface area contributed by atoms with Crippen molar-refractivity contribution in [3.8, 4) is 0 Å². The first-order valence-electron chi connectivity index (χ1n) is 9.62. The first-order valence-corrected chi connectivity index (χ1v) is 12.0. The van der Waals surface area contributed by atoms with E-state index in [-0.39, 0.29) is 11.5 Å². The largest absolute Gasteiger partial charge is 0.447 e. The second-order valence-electron chi connectivity index (χ2n) is 7.35. The molecule has 0 fully saturated rings. The van der Waals surface area contributed by atoms with E-state index in [1.165, 1.54) is 22.0 Å². The highest BCUT2D eigenvalue weighted by Crippen LogP contribution is 2.35. The first-order chi connectivity index (χ1) is 14.8. The molecule has 0 radical (unpaired) electrons. The van der Waals surface area contributed by atoms with Gasteiger partial charge in [-0.25, -0.2) is 4.98 Å². The van der Waals surface area contributed by atoms with Crippen molar-refractivity contribution in [2.75, 3.05) is 0 Å². The summed E-state index contributed by atoms with van der Waals surface area (Å²) >= 11 is 8.48. The third-order valence-electron chi connectivity index (χ3n) is 4.56. The molecule has 5 nitrogen and oxygen atoms in total. The molecular formula is C23H19Br2N3O2S. The molecule has 0 atom stereocenters. The minimum Gasteiger partial charge on any atom is -0.447 e. The lowest BCUT2D eigenvalue weighted by Crippen LogP contribution is -2.23. The average Bonchev–Trinajstić information content (AvgIpc) is 3.08. The van der Waals surface area contributed by atoms with Crippen LogP contribution in [0.3, 0.4) is 0 Å². The van der Waals surface area contributed by atoms with Crippen LogP contribution >= 0.6 is 43.6 Å². The topological polar surface area (TPSA) is 60.4 Å². The molecule has 0 amide bonds. The Kier molecular flexibility index (Phi) is 6.50. The molecule has 0 spiro atoms. The van der Waals surface area contributed by atoms with Gasteiger partial charge in [-0.2, -0.15) is 9.78 Å². The van der Waals surface area contributed by atoms with Gasteiger partial charge >= 0.3 is 0 Å². The minimum atomic E-state index is -0.217. The van der Waals surface area contributed by atoms with Crippen LogP contribution in [0.15, 0.2) is 81.8 Å². The van der Waals surface area contributed by atoms with Crippen LogP contribution < -0.4 is 5.56 Å². The van der Waals surface area contributed by atoms with Crippen LogP contribution in [0.2, 0.25) is 0 Å². The van der Waals surface area contributed by atoms with Gasteiger partial charge in [-0.3, -0.25) is 4.79 Å². The summed E-state index contributed by atoms with van der Waals surface area (Å²) in [6.45, 7) is 6.02. The van der Waals surface area contributed by atoms with E-state index < -0.39 is 0 Å². The van der Waals surface area contributed by atoms with Crippen LogP contribution in [-0.4, -0.2) is 15.9 Å². The predicted octanol–water partition coefficient (Wildman–Crippen LogP) is 6.98. The van der Waals surface area contributed by atoms with E-state index in [2.05, 4.69) is 73.1 Å². The van der Waals surface area contributed by atoms with Crippen molar-refractivity contribution in [2.24, 2.45) is 5.10 Å². The summed E-state index contributed by atoms with van der Waals surface area (Å²) in [7, 11) is 0. The minimum absolute atomic E-state index is 0.0221. The van der Waals surface area contributed by atoms with E-state index in [4.69, 9.17) is 4.42 Å². The molecule has 0 bridgehead atoms. The van der Waals surface area contributed by atoms with Crippen LogP contribution in [0, 0.1) is 6.92 Å². The lowest BCUT2D eigenvalue weighted by molar-refractivity contribution is 0.465. The molecule has 31 heavy (non-hydrogen) atoms. The molecule has 0 aliphatic carbocycles. The number of nitrogens with zero attached hydrogens (tertiary/aromatic N) is 3. The van der Waals surface area contributed by atoms with Gasteiger partial charge in [0.2, 0.25) is 0 Å². The fourth-order valence-corrected chi connectivity index (χ4v) is 4.67. The van der Waals surface area contributed by atoms with Gasteiger partial charge in [0.05, 0.1) is 21.6 Å². The number of aromatic nitrogens is 2. The lowest BCUT2D eigenvalue weighted by atomic mass is 10.2. The SMILES string of the molecule is Cc1ccc(Sc2oc(C=Nn3c(C(C)C)nc4ccc(Br)cc4c3=O)cc2Br)cc1. The Morgan fingerprint density at radius 3 is 2.58 bits per heavy atom. The zero-order valence-electron chi connectivity index (χ0n) is 17.1. The summed E-state index contributed by atoms with van der Waals surface area (Å²) in [6, 6.07) is 15.5. The number of benzene rings is 2. The molecule has 0 aliphatic rings. The average molecular weight is 561 g/mol. The highest BCUT2D eigenvalue weighted by Gasteiger charge is 2.15. The van der Waals surface area contributed by atoms with E-state index in [9.17, 15) is 4.79 Å². The number of fused-ring (bicyclic) bond motifs is 1. The van der Waals surface area contributed by atoms with Crippen molar-refractivity contribution in [3.05, 3.63) is 85.0 Å². The van der Waals surface area contributed by atoms with Gasteiger partial charge in [0, 0.05) is 21.4 Å². The molecule has 0 saturated heterocycles. The maximum atomic E-state index is 13.1. The van der Waals surface area contributed by atoms with E-state index in [0.29, 0.717) is 22.5 Å². The number of hydrogen-bond donors (Lipinski definition) is 0. The van der Waals surface area contributed by atoms with Crippen LogP contribution in [-0.2, 0) is 0 Å². The van der Waals surface area contributed by atoms with Crippen molar-refractivity contribution in [1.29, 1.82) is 0 Å². The maximum Gasteiger partial charge on any atom is 0.282 e. The molecule has 2 aromatic heterocycles. The summed E-state index contributed by atoms with van der Waals surface area (Å²) in [5.41, 5.74) is 1.64. The van der Waals surface area contributed by atoms with E-state index in [1.54, 1.807) is 12.3 Å². The van der Waals surface area contributed by atoms with Gasteiger partial charge in [-0.15, -0.1) is 0 Å². The lowest BCUT2D eigenvalue weighted by Gasteiger charge is -2.11. The quantitative estimate of drug-likeness (QED) is 0.247. The summed E-state index contributed by atoms with van der Waals surface area (Å²) in [5, 5.41) is 5.66. The highest BCUT2D eigenvalue weighted by atomic mass is 79.9. The van der Waals surface area contributed by atoms with Gasteiger partial charge in [-0.05, 0) is 53.2 Å². The first kappa shape index (κ1) is 22.0. The molecule has 4 rings (SSSR count). The van der Waals surface area contributed by atoms with Gasteiger partial charge in [-0.1, -0.05) is 59.2 Å². The molecule has 2 aromatic carbocycles. The Morgan fingerprint density at radius 1 is 1.13 bits per heavy atom. The fraction of sp³-hybridized carbons (Fsp3) is 0.174. The predicted molar refractivity (Wildman–Crippen MR) is 132 cm³/mol. The van der Waals surface area contributed by atoms with Crippen LogP contribution in [0.4, 0.5) is 0 Å². The zero-order valence-corrected chi connectivity index (χ0v) is 21.1. The molecule has 0 N–H and O–H groups in total. The number of aryl methyl sites for hydroxylation is 1. The number of halogens is 2. The summed E-state index contributed by atoms with van der Waals surface area (Å²) in [5.74, 6) is 1.15. The number of hydrogen-bond acceptors (Lipinski definition) is 5. The normalized spacial score (nSPS) is 11.8. The second kappa shape index (κ2) is 9.14. The van der Waals surface area contributed by atoms with Gasteiger partial charge in [0.1, 0.15) is 11.6 Å². The third-order valence-corrected chi connectivity index (χ3v) is 6.90. The molecule has 8 heteroatoms. The second-order valence-corrected chi connectivity index (χ2v) is 10.2. The van der Waals surface area contributed by atoms with E-state index in [1.807, 2.05) is 32.0 Å². The Labute approximate surface area is 200 Å². The Bertz CT molecular complexity index is 1340. The van der Waals surface area contributed by atoms with Gasteiger partial charge in [0.25, 0.3) is 5.56 Å². The number of rotatable bonds is 5. The monoisotopic (exact) mass is 559 g/mol. The molecule has 0 unspecified atom stereocenters. The van der Waals surface area contributed by atoms with Gasteiger partial charge < -0.3 is 4.42 Å². The zero-order chi connectivity index (χ0) is 22.1. The maximum absolute atomic E-state index is 13.1. The molecule has 2 heterocycles. The Morgan fingerprint density at radius 2 is 1.87 bits per heavy atom. The Hall–Kier alpha value is -2.16. The summed E-state index contributed by atoms with van der Waals surface area (Å²) in [6.07, 6.45) is 1.54. The summed E-state index contributed by atoms with van der Waals surface area (Å²) < 4.78 is 8.94. The van der Waals surface area contributed by atoms with Crippen molar-refractivity contribution in [1.82, 2.24) is 9.66 Å². The Balaban J connectivity index is 1.70. The smallest absolute Gasteiger partial charge is 0.282 e. The van der Waals surface area contributed by atoms with Crippen molar-refractivity contribution >= 4 is 60.7 Å². The van der Waals surface area contributed by atoms with Crippen LogP contribution in [0.1, 0.15) is 36.9 Å². The molecule has 158 valence electrons. The molecule has 4 aromatic rings. The van der Waals surface area contributed by atoms with E-state index in [0.717, 1.165) is 18.9 Å². The van der Waals surface area contributed by atoms with Crippen LogP contribution in [0.5, 0.6) is 0 Å². The third kappa shape index (κ3) is 4.86. The molecular weight excluding hydrogens is 542 g/mol. The van der Waals surface area contributed by atoms with E-state index >= 15 is 0 Å². The van der Waals surface area contributed by atoms with Crippen molar-refractivity contribution in [3.63, 3.8) is 0 Å².